The molecule has 1 heterocycles. The van der Waals surface area contributed by atoms with Crippen molar-refractivity contribution in [3.8, 4) is 0 Å². The molecule has 11 heteroatoms. The molecule has 0 aromatic heterocycles. The van der Waals surface area contributed by atoms with Crippen LogP contribution in [0.1, 0.15) is 23.2 Å². The van der Waals surface area contributed by atoms with Crippen LogP contribution in [0, 0.1) is 0 Å². The summed E-state index contributed by atoms with van der Waals surface area (Å²) in [5, 5.41) is 5.85. The lowest BCUT2D eigenvalue weighted by Crippen LogP contribution is -2.38. The lowest BCUT2D eigenvalue weighted by Gasteiger charge is -2.22. The molecule has 2 aromatic carbocycles. The van der Waals surface area contributed by atoms with E-state index in [2.05, 4.69) is 10.6 Å². The molecule has 2 amide bonds. The Hall–Kier alpha value is -2.33. The van der Waals surface area contributed by atoms with E-state index >= 15 is 0 Å². The van der Waals surface area contributed by atoms with E-state index in [-0.39, 0.29) is 39.0 Å². The minimum absolute atomic E-state index is 0.0183. The molecule has 2 N–H and O–H groups in total. The SMILES string of the molecule is CS(=O)(=O)N(CC(=O)Nc1ccccc1C(=O)NC[C@H]1CCCO1)c1ccc(Cl)c(Cl)c1. The second-order valence-corrected chi connectivity index (χ2v) is 10.0. The molecule has 1 aliphatic heterocycles. The summed E-state index contributed by atoms with van der Waals surface area (Å²) < 4.78 is 31.0. The summed E-state index contributed by atoms with van der Waals surface area (Å²) in [6, 6.07) is 10.8. The van der Waals surface area contributed by atoms with Crippen molar-refractivity contribution >= 4 is 56.4 Å². The van der Waals surface area contributed by atoms with Gasteiger partial charge in [0.1, 0.15) is 6.54 Å². The van der Waals surface area contributed by atoms with Gasteiger partial charge in [0.05, 0.1) is 39.3 Å². The topological polar surface area (TPSA) is 105 Å². The summed E-state index contributed by atoms with van der Waals surface area (Å²) >= 11 is 11.9. The molecule has 2 aromatic rings. The highest BCUT2D eigenvalue weighted by Crippen LogP contribution is 2.28. The van der Waals surface area contributed by atoms with Crippen molar-refractivity contribution in [2.45, 2.75) is 18.9 Å². The van der Waals surface area contributed by atoms with Crippen molar-refractivity contribution in [1.29, 1.82) is 0 Å². The number of nitrogens with one attached hydrogen (secondary N) is 2. The molecular formula is C21H23Cl2N3O5S. The first kappa shape index (κ1) is 24.3. The number of amides is 2. The van der Waals surface area contributed by atoms with E-state index in [9.17, 15) is 18.0 Å². The van der Waals surface area contributed by atoms with Gasteiger partial charge in [0, 0.05) is 13.2 Å². The number of hydrogen-bond donors (Lipinski definition) is 2. The second-order valence-electron chi connectivity index (χ2n) is 7.31. The zero-order valence-corrected chi connectivity index (χ0v) is 19.6. The van der Waals surface area contributed by atoms with Gasteiger partial charge in [-0.2, -0.15) is 0 Å². The van der Waals surface area contributed by atoms with Crippen molar-refractivity contribution in [1.82, 2.24) is 5.32 Å². The molecule has 1 saturated heterocycles. The van der Waals surface area contributed by atoms with E-state index < -0.39 is 22.5 Å². The summed E-state index contributed by atoms with van der Waals surface area (Å²) in [4.78, 5) is 25.3. The van der Waals surface area contributed by atoms with Gasteiger partial charge in [-0.15, -0.1) is 0 Å². The van der Waals surface area contributed by atoms with E-state index in [0.717, 1.165) is 23.4 Å². The largest absolute Gasteiger partial charge is 0.376 e. The van der Waals surface area contributed by atoms with Crippen LogP contribution in [-0.4, -0.2) is 52.3 Å². The minimum atomic E-state index is -3.80. The number of benzene rings is 2. The van der Waals surface area contributed by atoms with Crippen molar-refractivity contribution in [3.05, 3.63) is 58.1 Å². The van der Waals surface area contributed by atoms with Crippen molar-refractivity contribution in [2.24, 2.45) is 0 Å². The predicted octanol–water partition coefficient (Wildman–Crippen LogP) is 3.31. The van der Waals surface area contributed by atoms with Gasteiger partial charge in [-0.25, -0.2) is 8.42 Å². The first-order chi connectivity index (χ1) is 15.1. The van der Waals surface area contributed by atoms with Gasteiger partial charge in [-0.1, -0.05) is 35.3 Å². The number of para-hydroxylation sites is 1. The van der Waals surface area contributed by atoms with Crippen molar-refractivity contribution in [3.63, 3.8) is 0 Å². The number of rotatable bonds is 8. The second kappa shape index (κ2) is 10.5. The number of hydrogen-bond acceptors (Lipinski definition) is 5. The molecule has 0 spiro atoms. The Balaban J connectivity index is 1.72. The van der Waals surface area contributed by atoms with Gasteiger partial charge in [-0.05, 0) is 43.2 Å². The van der Waals surface area contributed by atoms with Gasteiger partial charge >= 0.3 is 0 Å². The molecule has 0 bridgehead atoms. The van der Waals surface area contributed by atoms with Crippen molar-refractivity contribution < 1.29 is 22.7 Å². The van der Waals surface area contributed by atoms with Gasteiger partial charge in [0.2, 0.25) is 15.9 Å². The first-order valence-electron chi connectivity index (χ1n) is 9.86. The zero-order valence-electron chi connectivity index (χ0n) is 17.3. The Morgan fingerprint density at radius 2 is 1.91 bits per heavy atom. The first-order valence-corrected chi connectivity index (χ1v) is 12.5. The van der Waals surface area contributed by atoms with E-state index in [4.69, 9.17) is 27.9 Å². The number of sulfonamides is 1. The number of halogens is 2. The molecule has 3 rings (SSSR count). The molecule has 1 fully saturated rings. The van der Waals surface area contributed by atoms with E-state index in [1.807, 2.05) is 0 Å². The fourth-order valence-electron chi connectivity index (χ4n) is 3.26. The number of anilines is 2. The highest BCUT2D eigenvalue weighted by atomic mass is 35.5. The van der Waals surface area contributed by atoms with Crippen LogP contribution in [0.3, 0.4) is 0 Å². The molecule has 0 radical (unpaired) electrons. The van der Waals surface area contributed by atoms with Crippen LogP contribution in [0.15, 0.2) is 42.5 Å². The molecule has 172 valence electrons. The average molecular weight is 500 g/mol. The number of carbonyl (C=O) groups excluding carboxylic acids is 2. The maximum Gasteiger partial charge on any atom is 0.253 e. The van der Waals surface area contributed by atoms with E-state index in [1.54, 1.807) is 24.3 Å². The Bertz CT molecular complexity index is 1100. The lowest BCUT2D eigenvalue weighted by molar-refractivity contribution is -0.114. The zero-order chi connectivity index (χ0) is 23.3. The van der Waals surface area contributed by atoms with Gasteiger partial charge < -0.3 is 15.4 Å². The van der Waals surface area contributed by atoms with Crippen LogP contribution in [0.5, 0.6) is 0 Å². The minimum Gasteiger partial charge on any atom is -0.376 e. The molecule has 0 aliphatic carbocycles. The Morgan fingerprint density at radius 1 is 1.16 bits per heavy atom. The normalized spacial score (nSPS) is 15.9. The van der Waals surface area contributed by atoms with E-state index in [1.165, 1.54) is 18.2 Å². The molecule has 0 saturated carbocycles. The number of carbonyl (C=O) groups is 2. The van der Waals surface area contributed by atoms with Crippen LogP contribution in [0.2, 0.25) is 10.0 Å². The van der Waals surface area contributed by atoms with Crippen LogP contribution in [-0.2, 0) is 19.6 Å². The number of ether oxygens (including phenoxy) is 1. The predicted molar refractivity (Wildman–Crippen MR) is 125 cm³/mol. The van der Waals surface area contributed by atoms with Gasteiger partial charge in [0.15, 0.2) is 0 Å². The Labute approximate surface area is 196 Å². The average Bonchev–Trinajstić information content (AvgIpc) is 3.26. The van der Waals surface area contributed by atoms with Crippen LogP contribution < -0.4 is 14.9 Å². The van der Waals surface area contributed by atoms with E-state index in [0.29, 0.717) is 13.2 Å². The summed E-state index contributed by atoms with van der Waals surface area (Å²) in [5.74, 6) is -0.985. The molecular weight excluding hydrogens is 477 g/mol. The standard InChI is InChI=1S/C21H23Cl2N3O5S/c1-32(29,30)26(14-8-9-17(22)18(23)11-14)13-20(27)25-19-7-3-2-6-16(19)21(28)24-12-15-5-4-10-31-15/h2-3,6-9,11,15H,4-5,10,12-13H2,1H3,(H,24,28)(H,25,27)/t15-/m1/s1. The van der Waals surface area contributed by atoms with Crippen LogP contribution >= 0.6 is 23.2 Å². The third-order valence-corrected chi connectivity index (χ3v) is 6.72. The van der Waals surface area contributed by atoms with Crippen molar-refractivity contribution in [2.75, 3.05) is 35.6 Å². The summed E-state index contributed by atoms with van der Waals surface area (Å²) in [6.07, 6.45) is 2.81. The molecule has 1 atom stereocenters. The molecule has 32 heavy (non-hydrogen) atoms. The lowest BCUT2D eigenvalue weighted by atomic mass is 10.1. The highest BCUT2D eigenvalue weighted by Gasteiger charge is 2.23. The number of nitrogens with zero attached hydrogens (tertiary/aromatic N) is 1. The summed E-state index contributed by atoms with van der Waals surface area (Å²) in [7, 11) is -3.80. The summed E-state index contributed by atoms with van der Waals surface area (Å²) in [5.41, 5.74) is 0.726. The highest BCUT2D eigenvalue weighted by molar-refractivity contribution is 7.92. The third-order valence-electron chi connectivity index (χ3n) is 4.84. The third kappa shape index (κ3) is 6.35. The molecule has 0 unspecified atom stereocenters. The smallest absolute Gasteiger partial charge is 0.253 e. The Morgan fingerprint density at radius 3 is 2.56 bits per heavy atom. The quantitative estimate of drug-likeness (QED) is 0.579. The maximum atomic E-state index is 12.7. The maximum absolute atomic E-state index is 12.7. The molecule has 8 nitrogen and oxygen atoms in total. The van der Waals surface area contributed by atoms with Crippen LogP contribution in [0.25, 0.3) is 0 Å². The van der Waals surface area contributed by atoms with Gasteiger partial charge in [0.25, 0.3) is 5.91 Å². The Kier molecular flexibility index (Phi) is 8.00. The van der Waals surface area contributed by atoms with Gasteiger partial charge in [-0.3, -0.25) is 13.9 Å². The monoisotopic (exact) mass is 499 g/mol. The van der Waals surface area contributed by atoms with Crippen LogP contribution in [0.4, 0.5) is 11.4 Å². The molecule has 1 aliphatic rings. The fraction of sp³-hybridized carbons (Fsp3) is 0.333. The summed E-state index contributed by atoms with van der Waals surface area (Å²) in [6.45, 7) is 0.547. The fourth-order valence-corrected chi connectivity index (χ4v) is 4.40.